The summed E-state index contributed by atoms with van der Waals surface area (Å²) in [7, 11) is 0. The van der Waals surface area contributed by atoms with Gasteiger partial charge >= 0.3 is 6.16 Å². The summed E-state index contributed by atoms with van der Waals surface area (Å²) < 4.78 is 4.81. The summed E-state index contributed by atoms with van der Waals surface area (Å²) in [6, 6.07) is 13.3. The van der Waals surface area contributed by atoms with Crippen molar-refractivity contribution in [3.05, 3.63) is 59.2 Å². The number of piperidine rings is 1. The Kier molecular flexibility index (Phi) is 5.41. The van der Waals surface area contributed by atoms with Crippen LogP contribution in [0.4, 0.5) is 10.5 Å². The second-order valence-corrected chi connectivity index (χ2v) is 8.91. The molecule has 0 saturated carbocycles. The average Bonchev–Trinajstić information content (AvgIpc) is 2.72. The number of likely N-dealkylation sites (tertiary alicyclic amines) is 1. The molecule has 0 aromatic heterocycles. The minimum Gasteiger partial charge on any atom is -0.449 e. The number of nitrogens with one attached hydrogen (secondary N) is 1. The van der Waals surface area contributed by atoms with Crippen molar-refractivity contribution >= 4 is 17.7 Å². The van der Waals surface area contributed by atoms with Crippen LogP contribution in [-0.2, 0) is 6.42 Å². The van der Waals surface area contributed by atoms with Crippen molar-refractivity contribution in [1.82, 2.24) is 4.90 Å². The number of ether oxygens (including phenoxy) is 1. The number of carboxylic acid groups (broad SMARTS) is 1. The first-order valence-corrected chi connectivity index (χ1v) is 10.5. The molecule has 2 aromatic carbocycles. The third-order valence-electron chi connectivity index (χ3n) is 6.12. The molecule has 1 saturated heterocycles. The van der Waals surface area contributed by atoms with Gasteiger partial charge < -0.3 is 20.1 Å². The summed E-state index contributed by atoms with van der Waals surface area (Å²) in [5.41, 5.74) is 3.67. The zero-order chi connectivity index (χ0) is 21.3. The average molecular weight is 408 g/mol. The Bertz CT molecular complexity index is 963. The van der Waals surface area contributed by atoms with Crippen LogP contribution < -0.4 is 10.1 Å². The van der Waals surface area contributed by atoms with E-state index in [9.17, 15) is 9.59 Å². The lowest BCUT2D eigenvalue weighted by Crippen LogP contribution is -2.36. The largest absolute Gasteiger partial charge is 0.511 e. The molecule has 2 aliphatic heterocycles. The number of nitrogens with zero attached hydrogens (tertiary/aromatic N) is 1. The van der Waals surface area contributed by atoms with Gasteiger partial charge in [0, 0.05) is 24.3 Å². The number of amides is 1. The summed E-state index contributed by atoms with van der Waals surface area (Å²) in [4.78, 5) is 25.8. The van der Waals surface area contributed by atoms with Crippen LogP contribution in [0.25, 0.3) is 0 Å². The number of hydrogen-bond donors (Lipinski definition) is 2. The highest BCUT2D eigenvalue weighted by atomic mass is 16.7. The zero-order valence-electron chi connectivity index (χ0n) is 17.5. The van der Waals surface area contributed by atoms with Crippen LogP contribution in [0, 0.1) is 5.41 Å². The molecule has 158 valence electrons. The van der Waals surface area contributed by atoms with Gasteiger partial charge in [0.1, 0.15) is 5.75 Å². The molecule has 0 bridgehead atoms. The first-order valence-electron chi connectivity index (χ1n) is 10.5. The van der Waals surface area contributed by atoms with Gasteiger partial charge in [-0.15, -0.1) is 0 Å². The monoisotopic (exact) mass is 408 g/mol. The topological polar surface area (TPSA) is 78.9 Å². The molecule has 1 unspecified atom stereocenters. The molecule has 1 atom stereocenters. The molecule has 6 heteroatoms. The van der Waals surface area contributed by atoms with Gasteiger partial charge in [0.25, 0.3) is 5.91 Å². The lowest BCUT2D eigenvalue weighted by Gasteiger charge is -2.41. The molecule has 1 fully saturated rings. The van der Waals surface area contributed by atoms with Gasteiger partial charge in [-0.1, -0.05) is 26.0 Å². The van der Waals surface area contributed by atoms with Gasteiger partial charge in [-0.3, -0.25) is 4.79 Å². The molecule has 30 heavy (non-hydrogen) atoms. The molecule has 2 N–H and O–H groups in total. The van der Waals surface area contributed by atoms with E-state index in [0.717, 1.165) is 54.7 Å². The number of benzene rings is 2. The van der Waals surface area contributed by atoms with Crippen LogP contribution in [0.1, 0.15) is 60.6 Å². The predicted octanol–water partition coefficient (Wildman–Crippen LogP) is 5.11. The number of rotatable bonds is 3. The van der Waals surface area contributed by atoms with E-state index in [-0.39, 0.29) is 17.4 Å². The van der Waals surface area contributed by atoms with Gasteiger partial charge in [0.05, 0.1) is 6.04 Å². The normalized spacial score (nSPS) is 20.1. The van der Waals surface area contributed by atoms with Gasteiger partial charge in [-0.05, 0) is 72.6 Å². The third kappa shape index (κ3) is 4.13. The molecule has 0 aliphatic carbocycles. The Hall–Kier alpha value is -3.02. The summed E-state index contributed by atoms with van der Waals surface area (Å²) in [6.07, 6.45) is 2.80. The van der Waals surface area contributed by atoms with Crippen molar-refractivity contribution in [1.29, 1.82) is 0 Å². The van der Waals surface area contributed by atoms with Crippen molar-refractivity contribution in [3.8, 4) is 5.75 Å². The molecule has 2 aliphatic rings. The Balaban J connectivity index is 1.59. The number of fused-ring (bicyclic) bond motifs is 1. The van der Waals surface area contributed by atoms with Crippen molar-refractivity contribution < 1.29 is 19.4 Å². The molecule has 0 spiro atoms. The van der Waals surface area contributed by atoms with Gasteiger partial charge in [-0.2, -0.15) is 0 Å². The van der Waals surface area contributed by atoms with E-state index in [4.69, 9.17) is 9.84 Å². The van der Waals surface area contributed by atoms with Crippen LogP contribution in [0.15, 0.2) is 42.5 Å². The van der Waals surface area contributed by atoms with Crippen molar-refractivity contribution in [2.75, 3.05) is 18.4 Å². The molecule has 2 aromatic rings. The van der Waals surface area contributed by atoms with Crippen LogP contribution in [0.3, 0.4) is 0 Å². The van der Waals surface area contributed by atoms with Crippen LogP contribution in [0.2, 0.25) is 0 Å². The summed E-state index contributed by atoms with van der Waals surface area (Å²) in [6.45, 7) is 6.03. The van der Waals surface area contributed by atoms with Gasteiger partial charge in [0.2, 0.25) is 0 Å². The third-order valence-corrected chi connectivity index (χ3v) is 6.12. The fourth-order valence-electron chi connectivity index (χ4n) is 4.63. The second-order valence-electron chi connectivity index (χ2n) is 8.91. The Morgan fingerprint density at radius 3 is 2.60 bits per heavy atom. The highest BCUT2D eigenvalue weighted by molar-refractivity contribution is 5.94. The number of carbonyl (C=O) groups is 2. The zero-order valence-corrected chi connectivity index (χ0v) is 17.5. The smallest absolute Gasteiger partial charge is 0.449 e. The van der Waals surface area contributed by atoms with Crippen molar-refractivity contribution in [3.63, 3.8) is 0 Å². The number of hydrogen-bond acceptors (Lipinski definition) is 4. The van der Waals surface area contributed by atoms with Crippen LogP contribution in [-0.4, -0.2) is 35.2 Å². The summed E-state index contributed by atoms with van der Waals surface area (Å²) in [5.74, 6) is 0.437. The fraction of sp³-hybridized carbons (Fsp3) is 0.417. The minimum atomic E-state index is -1.31. The van der Waals surface area contributed by atoms with E-state index in [1.54, 1.807) is 12.1 Å². The molecule has 1 amide bonds. The summed E-state index contributed by atoms with van der Waals surface area (Å²) in [5, 5.41) is 12.5. The van der Waals surface area contributed by atoms with E-state index in [0.29, 0.717) is 5.75 Å². The number of anilines is 1. The van der Waals surface area contributed by atoms with E-state index in [1.807, 2.05) is 29.2 Å². The standard InChI is InChI=1S/C24H28N2O4/c1-24(2)15-18-14-19(30-23(28)29)9-10-20(18)25-21(24)16-7-6-8-17(13-16)22(27)26-11-4-3-5-12-26/h6-10,13-14,21,25H,3-5,11-12,15H2,1-2H3,(H,28,29). The molecular formula is C24H28N2O4. The van der Waals surface area contributed by atoms with E-state index in [2.05, 4.69) is 25.2 Å². The first kappa shape index (κ1) is 20.3. The van der Waals surface area contributed by atoms with Gasteiger partial charge in [0.15, 0.2) is 0 Å². The van der Waals surface area contributed by atoms with Gasteiger partial charge in [-0.25, -0.2) is 4.79 Å². The van der Waals surface area contributed by atoms with E-state index < -0.39 is 6.16 Å². The lowest BCUT2D eigenvalue weighted by atomic mass is 9.72. The lowest BCUT2D eigenvalue weighted by molar-refractivity contribution is 0.0724. The Morgan fingerprint density at radius 2 is 1.87 bits per heavy atom. The highest BCUT2D eigenvalue weighted by Gasteiger charge is 2.36. The predicted molar refractivity (Wildman–Crippen MR) is 115 cm³/mol. The first-order chi connectivity index (χ1) is 14.3. The Labute approximate surface area is 176 Å². The summed E-state index contributed by atoms with van der Waals surface area (Å²) >= 11 is 0. The van der Waals surface area contributed by atoms with Crippen LogP contribution in [0.5, 0.6) is 5.75 Å². The van der Waals surface area contributed by atoms with E-state index >= 15 is 0 Å². The molecule has 6 nitrogen and oxygen atoms in total. The Morgan fingerprint density at radius 1 is 1.10 bits per heavy atom. The maximum Gasteiger partial charge on any atom is 0.511 e. The molecule has 0 radical (unpaired) electrons. The van der Waals surface area contributed by atoms with Crippen molar-refractivity contribution in [2.24, 2.45) is 5.41 Å². The highest BCUT2D eigenvalue weighted by Crippen LogP contribution is 2.45. The quantitative estimate of drug-likeness (QED) is 0.545. The van der Waals surface area contributed by atoms with Crippen LogP contribution >= 0.6 is 0 Å². The molecular weight excluding hydrogens is 380 g/mol. The fourth-order valence-corrected chi connectivity index (χ4v) is 4.63. The molecule has 4 rings (SSSR count). The number of carbonyl (C=O) groups excluding carboxylic acids is 1. The maximum absolute atomic E-state index is 13.0. The van der Waals surface area contributed by atoms with Crippen molar-refractivity contribution in [2.45, 2.75) is 45.6 Å². The minimum absolute atomic E-state index is 0.0327. The second kappa shape index (κ2) is 8.01. The van der Waals surface area contributed by atoms with E-state index in [1.165, 1.54) is 6.42 Å². The molecule has 2 heterocycles. The maximum atomic E-state index is 13.0. The SMILES string of the molecule is CC1(C)Cc2cc(OC(=O)O)ccc2NC1c1cccc(C(=O)N2CCCCC2)c1.